The molecule has 1 rings (SSSR count). The van der Waals surface area contributed by atoms with Crippen LogP contribution >= 0.6 is 0 Å². The summed E-state index contributed by atoms with van der Waals surface area (Å²) < 4.78 is 0. The predicted octanol–water partition coefficient (Wildman–Crippen LogP) is 2.11. The zero-order valence-corrected chi connectivity index (χ0v) is 5.94. The van der Waals surface area contributed by atoms with Gasteiger partial charge in [0.15, 0.2) is 0 Å². The highest BCUT2D eigenvalue weighted by Crippen LogP contribution is 2.25. The molecule has 0 heterocycles. The lowest BCUT2D eigenvalue weighted by Gasteiger charge is -2.17. The first-order valence-corrected chi connectivity index (χ1v) is 3.68. The highest BCUT2D eigenvalue weighted by Gasteiger charge is 2.17. The summed E-state index contributed by atoms with van der Waals surface area (Å²) in [6.07, 6.45) is 5.00. The molecule has 0 amide bonds. The van der Waals surface area contributed by atoms with Gasteiger partial charge in [0.25, 0.3) is 0 Å². The van der Waals surface area contributed by atoms with Crippen LogP contribution in [0.15, 0.2) is 0 Å². The number of carbonyl (C=O) groups is 1. The van der Waals surface area contributed by atoms with Crippen LogP contribution in [0.4, 0.5) is 0 Å². The highest BCUT2D eigenvalue weighted by atomic mass is 16.1. The van der Waals surface area contributed by atoms with E-state index in [9.17, 15) is 4.79 Å². The maximum atomic E-state index is 10.8. The molecule has 1 aliphatic rings. The molecule has 1 aliphatic carbocycles. The summed E-state index contributed by atoms with van der Waals surface area (Å²) in [5.41, 5.74) is 0. The van der Waals surface area contributed by atoms with Crippen molar-refractivity contribution in [1.29, 1.82) is 0 Å². The van der Waals surface area contributed by atoms with Crippen LogP contribution in [0, 0.1) is 5.92 Å². The minimum atomic E-state index is 0.443. The molecule has 0 spiro atoms. The standard InChI is InChI=1S/C8H13O/c1-2-7-4-3-5-8(9)6-7/h2-6H2,1H3. The van der Waals surface area contributed by atoms with Gasteiger partial charge < -0.3 is 0 Å². The molecule has 0 N–H and O–H groups in total. The molecule has 51 valence electrons. The van der Waals surface area contributed by atoms with Crippen molar-refractivity contribution in [2.45, 2.75) is 39.0 Å². The van der Waals surface area contributed by atoms with Crippen molar-refractivity contribution in [3.8, 4) is 0 Å². The SMILES string of the molecule is CC[C]1CCCC(=O)C1. The predicted molar refractivity (Wildman–Crippen MR) is 37.0 cm³/mol. The third-order valence-electron chi connectivity index (χ3n) is 1.93. The first-order chi connectivity index (χ1) is 4.33. The van der Waals surface area contributed by atoms with Crippen LogP contribution in [0.25, 0.3) is 0 Å². The van der Waals surface area contributed by atoms with Crippen molar-refractivity contribution in [2.24, 2.45) is 0 Å². The Balaban J connectivity index is 2.32. The van der Waals surface area contributed by atoms with E-state index in [1.165, 1.54) is 12.3 Å². The number of hydrogen-bond acceptors (Lipinski definition) is 1. The van der Waals surface area contributed by atoms with E-state index in [0.29, 0.717) is 5.78 Å². The Kier molecular flexibility index (Phi) is 2.26. The monoisotopic (exact) mass is 125 g/mol. The second-order valence-corrected chi connectivity index (χ2v) is 2.67. The summed E-state index contributed by atoms with van der Waals surface area (Å²) in [7, 11) is 0. The second-order valence-electron chi connectivity index (χ2n) is 2.67. The number of Topliss-reactive ketones (excluding diaryl/α,β-unsaturated/α-hetero) is 1. The molecule has 0 atom stereocenters. The molecule has 1 nitrogen and oxygen atoms in total. The number of rotatable bonds is 1. The molecule has 0 bridgehead atoms. The zero-order valence-electron chi connectivity index (χ0n) is 5.94. The molecule has 9 heavy (non-hydrogen) atoms. The maximum absolute atomic E-state index is 10.8. The Bertz CT molecular complexity index is 107. The zero-order chi connectivity index (χ0) is 6.69. The van der Waals surface area contributed by atoms with E-state index in [1.807, 2.05) is 0 Å². The van der Waals surface area contributed by atoms with Crippen molar-refractivity contribution >= 4 is 5.78 Å². The largest absolute Gasteiger partial charge is 0.300 e. The van der Waals surface area contributed by atoms with E-state index in [0.717, 1.165) is 25.7 Å². The lowest BCUT2D eigenvalue weighted by molar-refractivity contribution is -0.119. The highest BCUT2D eigenvalue weighted by molar-refractivity contribution is 5.81. The maximum Gasteiger partial charge on any atom is 0.133 e. The molecule has 1 fully saturated rings. The Morgan fingerprint density at radius 3 is 2.67 bits per heavy atom. The van der Waals surface area contributed by atoms with Gasteiger partial charge in [0, 0.05) is 12.8 Å². The Morgan fingerprint density at radius 1 is 1.44 bits per heavy atom. The average Bonchev–Trinajstić information content (AvgIpc) is 1.88. The normalized spacial score (nSPS) is 22.6. The molecule has 1 radical (unpaired) electrons. The topological polar surface area (TPSA) is 17.1 Å². The summed E-state index contributed by atoms with van der Waals surface area (Å²) in [5, 5.41) is 0. The van der Waals surface area contributed by atoms with Crippen LogP contribution in [0.3, 0.4) is 0 Å². The summed E-state index contributed by atoms with van der Waals surface area (Å²) in [6, 6.07) is 0. The molecule has 0 aromatic carbocycles. The fourth-order valence-electron chi connectivity index (χ4n) is 1.29. The lowest BCUT2D eigenvalue weighted by atomic mass is 9.87. The number of hydrogen-bond donors (Lipinski definition) is 0. The van der Waals surface area contributed by atoms with Crippen molar-refractivity contribution in [3.05, 3.63) is 5.92 Å². The fraction of sp³-hybridized carbons (Fsp3) is 0.750. The van der Waals surface area contributed by atoms with E-state index in [1.54, 1.807) is 0 Å². The van der Waals surface area contributed by atoms with Gasteiger partial charge in [-0.15, -0.1) is 0 Å². The Hall–Kier alpha value is -0.330. The summed E-state index contributed by atoms with van der Waals surface area (Å²) >= 11 is 0. The summed E-state index contributed by atoms with van der Waals surface area (Å²) in [5.74, 6) is 1.89. The Morgan fingerprint density at radius 2 is 2.22 bits per heavy atom. The van der Waals surface area contributed by atoms with Crippen LogP contribution in [-0.2, 0) is 4.79 Å². The molecule has 0 aliphatic heterocycles. The third kappa shape index (κ3) is 1.81. The van der Waals surface area contributed by atoms with Crippen molar-refractivity contribution in [1.82, 2.24) is 0 Å². The molecule has 1 heteroatoms. The molecule has 0 aromatic heterocycles. The van der Waals surface area contributed by atoms with E-state index in [-0.39, 0.29) is 0 Å². The van der Waals surface area contributed by atoms with Gasteiger partial charge in [-0.3, -0.25) is 4.79 Å². The third-order valence-corrected chi connectivity index (χ3v) is 1.93. The van der Waals surface area contributed by atoms with Gasteiger partial charge in [0.1, 0.15) is 5.78 Å². The smallest absolute Gasteiger partial charge is 0.133 e. The van der Waals surface area contributed by atoms with Crippen molar-refractivity contribution in [2.75, 3.05) is 0 Å². The van der Waals surface area contributed by atoms with Gasteiger partial charge in [-0.1, -0.05) is 6.92 Å². The molecule has 1 saturated carbocycles. The molecule has 0 unspecified atom stereocenters. The molecular weight excluding hydrogens is 112 g/mol. The van der Waals surface area contributed by atoms with Gasteiger partial charge in [0.05, 0.1) is 0 Å². The minimum Gasteiger partial charge on any atom is -0.300 e. The lowest BCUT2D eigenvalue weighted by Crippen LogP contribution is -2.11. The van der Waals surface area contributed by atoms with Gasteiger partial charge in [-0.05, 0) is 25.2 Å². The van der Waals surface area contributed by atoms with E-state index in [2.05, 4.69) is 6.92 Å². The quantitative estimate of drug-likeness (QED) is 0.524. The minimum absolute atomic E-state index is 0.443. The van der Waals surface area contributed by atoms with Gasteiger partial charge in [-0.2, -0.15) is 0 Å². The van der Waals surface area contributed by atoms with Gasteiger partial charge >= 0.3 is 0 Å². The van der Waals surface area contributed by atoms with E-state index < -0.39 is 0 Å². The van der Waals surface area contributed by atoms with Crippen molar-refractivity contribution in [3.63, 3.8) is 0 Å². The van der Waals surface area contributed by atoms with Crippen LogP contribution in [0.5, 0.6) is 0 Å². The molecule has 0 saturated heterocycles. The van der Waals surface area contributed by atoms with E-state index in [4.69, 9.17) is 0 Å². The summed E-state index contributed by atoms with van der Waals surface area (Å²) in [6.45, 7) is 2.13. The van der Waals surface area contributed by atoms with Crippen LogP contribution in [-0.4, -0.2) is 5.78 Å². The van der Waals surface area contributed by atoms with Crippen LogP contribution < -0.4 is 0 Å². The van der Waals surface area contributed by atoms with Crippen LogP contribution in [0.2, 0.25) is 0 Å². The van der Waals surface area contributed by atoms with Gasteiger partial charge in [-0.25, -0.2) is 0 Å². The second kappa shape index (κ2) is 3.00. The Labute approximate surface area is 56.4 Å². The van der Waals surface area contributed by atoms with Crippen LogP contribution in [0.1, 0.15) is 39.0 Å². The summed E-state index contributed by atoms with van der Waals surface area (Å²) in [4.78, 5) is 10.8. The first-order valence-electron chi connectivity index (χ1n) is 3.68. The van der Waals surface area contributed by atoms with Gasteiger partial charge in [0.2, 0.25) is 0 Å². The van der Waals surface area contributed by atoms with E-state index >= 15 is 0 Å². The molecular formula is C8H13O. The first kappa shape index (κ1) is 6.79. The number of carbonyl (C=O) groups excluding carboxylic acids is 1. The average molecular weight is 125 g/mol. The number of ketones is 1. The fourth-order valence-corrected chi connectivity index (χ4v) is 1.29. The molecule has 0 aromatic rings. The van der Waals surface area contributed by atoms with Crippen molar-refractivity contribution < 1.29 is 4.79 Å².